The van der Waals surface area contributed by atoms with Gasteiger partial charge >= 0.3 is 47.5 Å². The molecular weight excluding hydrogens is 576 g/mol. The molecule has 1 N–H and O–H groups in total. The lowest BCUT2D eigenvalue weighted by Gasteiger charge is -2.42. The number of ketones is 1. The Labute approximate surface area is 211 Å². The van der Waals surface area contributed by atoms with Crippen molar-refractivity contribution in [2.75, 3.05) is 13.2 Å². The number of rotatable bonds is 17. The highest BCUT2D eigenvalue weighted by molar-refractivity contribution is 5.91. The van der Waals surface area contributed by atoms with Gasteiger partial charge in [-0.2, -0.15) is 52.7 Å². The van der Waals surface area contributed by atoms with Gasteiger partial charge in [0.1, 0.15) is 12.7 Å². The SMILES string of the molecule is C=CC(=O)OCC(CC(F)(F)C(F)(F)C(F)(F)C(F)(F)C(F)(F)C(F)(F)CC(CO)OC(=O)C=C)C(=O)C=C. The monoisotopic (exact) mass is 596 g/mol. The number of esters is 2. The van der Waals surface area contributed by atoms with Gasteiger partial charge in [0.15, 0.2) is 5.78 Å². The number of allylic oxidation sites excluding steroid dienone is 1. The summed E-state index contributed by atoms with van der Waals surface area (Å²) in [6.45, 7) is 5.07. The Bertz CT molecular complexity index is 948. The third-order valence-electron chi connectivity index (χ3n) is 4.94. The van der Waals surface area contributed by atoms with E-state index in [1.807, 2.05) is 0 Å². The Balaban J connectivity index is 6.43. The Kier molecular flexibility index (Phi) is 11.4. The molecular formula is C21H20F12O6. The van der Waals surface area contributed by atoms with Gasteiger partial charge in [0.05, 0.1) is 18.9 Å². The van der Waals surface area contributed by atoms with Gasteiger partial charge in [0.25, 0.3) is 0 Å². The van der Waals surface area contributed by atoms with Crippen LogP contribution in [0.5, 0.6) is 0 Å². The second kappa shape index (κ2) is 12.4. The van der Waals surface area contributed by atoms with Gasteiger partial charge in [0.2, 0.25) is 0 Å². The van der Waals surface area contributed by atoms with Crippen molar-refractivity contribution in [2.45, 2.75) is 54.5 Å². The van der Waals surface area contributed by atoms with Crippen LogP contribution >= 0.6 is 0 Å². The first-order chi connectivity index (χ1) is 17.4. The Morgan fingerprint density at radius 2 is 1.08 bits per heavy atom. The van der Waals surface area contributed by atoms with Crippen LogP contribution in [0.4, 0.5) is 52.7 Å². The molecule has 0 fully saturated rings. The minimum atomic E-state index is -7.94. The van der Waals surface area contributed by atoms with Crippen molar-refractivity contribution in [3.05, 3.63) is 38.0 Å². The minimum Gasteiger partial charge on any atom is -0.462 e. The number of carbonyl (C=O) groups excluding carboxylic acids is 3. The summed E-state index contributed by atoms with van der Waals surface area (Å²) in [6.07, 6.45) is -7.68. The van der Waals surface area contributed by atoms with Crippen LogP contribution in [0.15, 0.2) is 38.0 Å². The number of halogens is 12. The molecule has 0 radical (unpaired) electrons. The third kappa shape index (κ3) is 7.13. The molecule has 0 aromatic carbocycles. The average Bonchev–Trinajstić information content (AvgIpc) is 2.84. The Hall–Kier alpha value is -3.05. The second-order valence-electron chi connectivity index (χ2n) is 7.70. The topological polar surface area (TPSA) is 89.9 Å². The fourth-order valence-electron chi connectivity index (χ4n) is 2.71. The van der Waals surface area contributed by atoms with Crippen LogP contribution in [0.1, 0.15) is 12.8 Å². The molecule has 0 aliphatic rings. The van der Waals surface area contributed by atoms with Gasteiger partial charge in [-0.05, 0) is 6.08 Å². The van der Waals surface area contributed by atoms with E-state index < -0.39 is 91.3 Å². The van der Waals surface area contributed by atoms with Gasteiger partial charge < -0.3 is 14.6 Å². The van der Waals surface area contributed by atoms with E-state index in [4.69, 9.17) is 5.11 Å². The number of hydrogen-bond acceptors (Lipinski definition) is 6. The van der Waals surface area contributed by atoms with Crippen molar-refractivity contribution in [3.8, 4) is 0 Å². The van der Waals surface area contributed by atoms with Crippen LogP contribution in [0.2, 0.25) is 0 Å². The fourth-order valence-corrected chi connectivity index (χ4v) is 2.71. The normalized spacial score (nSPS) is 15.1. The predicted octanol–water partition coefficient (Wildman–Crippen LogP) is 4.77. The number of hydrogen-bond donors (Lipinski definition) is 1. The van der Waals surface area contributed by atoms with Crippen LogP contribution < -0.4 is 0 Å². The fraction of sp³-hybridized carbons (Fsp3) is 0.571. The number of ether oxygens (including phenoxy) is 2. The van der Waals surface area contributed by atoms with Crippen molar-refractivity contribution < 1.29 is 81.6 Å². The maximum atomic E-state index is 14.3. The molecule has 0 saturated heterocycles. The summed E-state index contributed by atoms with van der Waals surface area (Å²) >= 11 is 0. The largest absolute Gasteiger partial charge is 0.462 e. The van der Waals surface area contributed by atoms with Gasteiger partial charge in [-0.1, -0.05) is 19.7 Å². The van der Waals surface area contributed by atoms with Crippen molar-refractivity contribution in [2.24, 2.45) is 5.92 Å². The van der Waals surface area contributed by atoms with Gasteiger partial charge in [0, 0.05) is 18.6 Å². The van der Waals surface area contributed by atoms with Gasteiger partial charge in [-0.3, -0.25) is 4.79 Å². The van der Waals surface area contributed by atoms with Gasteiger partial charge in [-0.25, -0.2) is 9.59 Å². The van der Waals surface area contributed by atoms with E-state index >= 15 is 0 Å². The highest BCUT2D eigenvalue weighted by Crippen LogP contribution is 2.61. The molecule has 0 spiro atoms. The third-order valence-corrected chi connectivity index (χ3v) is 4.94. The molecule has 0 aromatic heterocycles. The molecule has 18 heteroatoms. The summed E-state index contributed by atoms with van der Waals surface area (Å²) in [5, 5.41) is 8.83. The predicted molar refractivity (Wildman–Crippen MR) is 106 cm³/mol. The van der Waals surface area contributed by atoms with E-state index in [0.29, 0.717) is 6.08 Å². The molecule has 0 bridgehead atoms. The molecule has 0 amide bonds. The molecule has 2 unspecified atom stereocenters. The maximum absolute atomic E-state index is 14.3. The number of carbonyl (C=O) groups is 3. The first-order valence-corrected chi connectivity index (χ1v) is 10.1. The first-order valence-electron chi connectivity index (χ1n) is 10.1. The summed E-state index contributed by atoms with van der Waals surface area (Å²) in [4.78, 5) is 33.7. The van der Waals surface area contributed by atoms with E-state index in [9.17, 15) is 67.1 Å². The highest BCUT2D eigenvalue weighted by Gasteiger charge is 2.89. The number of aliphatic hydroxyl groups excluding tert-OH is 1. The summed E-state index contributed by atoms with van der Waals surface area (Å²) in [5.41, 5.74) is 0. The van der Waals surface area contributed by atoms with Crippen molar-refractivity contribution in [1.29, 1.82) is 0 Å². The van der Waals surface area contributed by atoms with Crippen molar-refractivity contribution >= 4 is 17.7 Å². The molecule has 6 nitrogen and oxygen atoms in total. The number of alkyl halides is 12. The summed E-state index contributed by atoms with van der Waals surface area (Å²) < 4.78 is 178. The lowest BCUT2D eigenvalue weighted by molar-refractivity contribution is -0.427. The molecule has 0 aromatic rings. The summed E-state index contributed by atoms with van der Waals surface area (Å²) in [6, 6.07) is 0. The van der Waals surface area contributed by atoms with Crippen LogP contribution in [0, 0.1) is 5.92 Å². The second-order valence-corrected chi connectivity index (χ2v) is 7.70. The zero-order chi connectivity index (χ0) is 31.3. The minimum absolute atomic E-state index is 0.166. The molecule has 0 aliphatic carbocycles. The first kappa shape index (κ1) is 35.9. The van der Waals surface area contributed by atoms with E-state index in [0.717, 1.165) is 0 Å². The quantitative estimate of drug-likeness (QED) is 0.148. The Morgan fingerprint density at radius 1 is 0.667 bits per heavy atom. The van der Waals surface area contributed by atoms with Gasteiger partial charge in [-0.15, -0.1) is 0 Å². The number of aliphatic hydroxyl groups is 1. The average molecular weight is 596 g/mol. The van der Waals surface area contributed by atoms with E-state index in [-0.39, 0.29) is 12.2 Å². The zero-order valence-electron chi connectivity index (χ0n) is 19.4. The highest BCUT2D eigenvalue weighted by atomic mass is 19.4. The lowest BCUT2D eigenvalue weighted by atomic mass is 9.86. The van der Waals surface area contributed by atoms with Crippen molar-refractivity contribution in [1.82, 2.24) is 0 Å². The summed E-state index contributed by atoms with van der Waals surface area (Å²) in [5.74, 6) is -51.4. The van der Waals surface area contributed by atoms with E-state index in [1.54, 1.807) is 0 Å². The molecule has 224 valence electrons. The van der Waals surface area contributed by atoms with Crippen LogP contribution in [0.3, 0.4) is 0 Å². The zero-order valence-corrected chi connectivity index (χ0v) is 19.4. The van der Waals surface area contributed by atoms with Crippen molar-refractivity contribution in [3.63, 3.8) is 0 Å². The van der Waals surface area contributed by atoms with Crippen LogP contribution in [-0.2, 0) is 23.9 Å². The Morgan fingerprint density at radius 3 is 1.44 bits per heavy atom. The van der Waals surface area contributed by atoms with Crippen LogP contribution in [-0.4, -0.2) is 77.7 Å². The molecule has 0 heterocycles. The summed E-state index contributed by atoms with van der Waals surface area (Å²) in [7, 11) is 0. The maximum Gasteiger partial charge on any atom is 0.384 e. The standard InChI is InChI=1S/C21H20F12O6/c1-4-13(35)11(10-38-14(36)5-2)7-16(22,23)18(26,27)20(30,31)21(32,33)19(28,29)17(24,25)8-12(9-34)39-15(37)6-3/h4-6,11-12,34H,1-3,7-10H2. The van der Waals surface area contributed by atoms with E-state index in [2.05, 4.69) is 29.2 Å². The molecule has 39 heavy (non-hydrogen) atoms. The van der Waals surface area contributed by atoms with Crippen LogP contribution in [0.25, 0.3) is 0 Å². The molecule has 0 aliphatic heterocycles. The molecule has 2 atom stereocenters. The molecule has 0 saturated carbocycles. The smallest absolute Gasteiger partial charge is 0.384 e. The lowest BCUT2D eigenvalue weighted by Crippen LogP contribution is -2.71. The molecule has 0 rings (SSSR count). The van der Waals surface area contributed by atoms with E-state index in [1.165, 1.54) is 0 Å².